The Morgan fingerprint density at radius 1 is 1.06 bits per heavy atom. The molecule has 2 fully saturated rings. The van der Waals surface area contributed by atoms with E-state index >= 15 is 0 Å². The van der Waals surface area contributed by atoms with Crippen LogP contribution in [0.15, 0.2) is 52.8 Å². The van der Waals surface area contributed by atoms with Crippen LogP contribution in [-0.4, -0.2) is 155 Å². The van der Waals surface area contributed by atoms with Gasteiger partial charge in [0, 0.05) is 62.7 Å². The molecular formula is C58H75N15O8S2. The van der Waals surface area contributed by atoms with Gasteiger partial charge in [-0.2, -0.15) is 10.2 Å². The number of nitrogens with zero attached hydrogens (tertiary/aromatic N) is 13. The summed E-state index contributed by atoms with van der Waals surface area (Å²) in [6, 6.07) is 9.30. The zero-order valence-electron chi connectivity index (χ0n) is 49.0. The number of likely N-dealkylation sites (tertiary alicyclic amines) is 1. The maximum absolute atomic E-state index is 14.8. The number of carbonyl (C=O) groups excluding carboxylic acids is 4. The Morgan fingerprint density at radius 2 is 1.84 bits per heavy atom. The minimum Gasteiger partial charge on any atom is -0.475 e. The highest BCUT2D eigenvalue weighted by Gasteiger charge is 2.46. The number of amides is 3. The molecule has 0 saturated carbocycles. The molecule has 0 unspecified atom stereocenters. The van der Waals surface area contributed by atoms with Crippen molar-refractivity contribution in [3.63, 3.8) is 0 Å². The van der Waals surface area contributed by atoms with E-state index in [1.807, 2.05) is 52.0 Å². The molecule has 3 amide bonds. The van der Waals surface area contributed by atoms with Gasteiger partial charge in [0.05, 0.1) is 52.5 Å². The number of benzene rings is 1. The zero-order chi connectivity index (χ0) is 59.3. The van der Waals surface area contributed by atoms with Crippen LogP contribution < -0.4 is 20.7 Å². The second-order valence-electron chi connectivity index (χ2n) is 23.4. The topological polar surface area (TPSA) is 279 Å². The number of nitrogen functional groups attached to an aromatic ring is 1. The number of ether oxygens (including phenoxy) is 3. The lowest BCUT2D eigenvalue weighted by atomic mass is 9.72. The molecule has 0 bridgehead atoms. The molecule has 2 aliphatic heterocycles. The quantitative estimate of drug-likeness (QED) is 0.0575. The summed E-state index contributed by atoms with van der Waals surface area (Å²) < 4.78 is 24.8. The molecule has 0 radical (unpaired) electrons. The molecule has 2 saturated heterocycles. The summed E-state index contributed by atoms with van der Waals surface area (Å²) in [4.78, 5) is 83.5. The number of hydrogen-bond donors (Lipinski definition) is 2. The molecule has 5 aromatic heterocycles. The molecule has 9 rings (SSSR count). The van der Waals surface area contributed by atoms with Crippen LogP contribution in [0.2, 0.25) is 0 Å². The number of aromatic nitrogens is 8. The van der Waals surface area contributed by atoms with Crippen molar-refractivity contribution in [3.05, 3.63) is 81.4 Å². The van der Waals surface area contributed by atoms with Crippen molar-refractivity contribution < 1.29 is 37.9 Å². The van der Waals surface area contributed by atoms with E-state index in [2.05, 4.69) is 53.5 Å². The van der Waals surface area contributed by atoms with E-state index in [0.29, 0.717) is 40.5 Å². The summed E-state index contributed by atoms with van der Waals surface area (Å²) in [6.45, 7) is 20.4. The molecule has 1 aromatic carbocycles. The number of carbonyl (C=O) groups is 4. The van der Waals surface area contributed by atoms with Crippen LogP contribution in [-0.2, 0) is 35.7 Å². The third kappa shape index (κ3) is 13.8. The predicted molar refractivity (Wildman–Crippen MR) is 312 cm³/mol. The monoisotopic (exact) mass is 1170 g/mol. The van der Waals surface area contributed by atoms with Gasteiger partial charge in [-0.05, 0) is 116 Å². The fourth-order valence-electron chi connectivity index (χ4n) is 11.4. The van der Waals surface area contributed by atoms with Gasteiger partial charge in [-0.1, -0.05) is 53.6 Å². The lowest BCUT2D eigenvalue weighted by Crippen LogP contribution is -2.51. The first kappa shape index (κ1) is 60.0. The number of nitrogens with one attached hydrogen (secondary N) is 1. The minimum atomic E-state index is -1.03. The summed E-state index contributed by atoms with van der Waals surface area (Å²) in [7, 11) is 1.61. The van der Waals surface area contributed by atoms with E-state index in [9.17, 15) is 24.4 Å². The van der Waals surface area contributed by atoms with Gasteiger partial charge >= 0.3 is 12.1 Å². The molecular weight excluding hydrogens is 1100 g/mol. The van der Waals surface area contributed by atoms with Crippen molar-refractivity contribution in [1.82, 2.24) is 60.1 Å². The first-order valence-corrected chi connectivity index (χ1v) is 30.1. The number of hydrogen-bond acceptors (Lipinski definition) is 21. The third-order valence-corrected chi connectivity index (χ3v) is 17.5. The van der Waals surface area contributed by atoms with E-state index in [0.717, 1.165) is 96.8 Å². The lowest BCUT2D eigenvalue weighted by molar-refractivity contribution is -0.147. The molecule has 7 heterocycles. The first-order chi connectivity index (χ1) is 39.6. The summed E-state index contributed by atoms with van der Waals surface area (Å²) in [5.74, 6) is -0.0265. The summed E-state index contributed by atoms with van der Waals surface area (Å²) >= 11 is 3.00. The van der Waals surface area contributed by atoms with Gasteiger partial charge in [0.2, 0.25) is 29.5 Å². The Labute approximate surface area is 491 Å². The van der Waals surface area contributed by atoms with Crippen molar-refractivity contribution >= 4 is 57.5 Å². The number of unbranched alkanes of at least 4 members (excludes halogenated alkanes) is 1. The standard InChI is InChI=1S/C58H75N15O8S2/c1-34(2)48(53(76)72-30-40(79-37(5)74)27-44(72)52(75)63-43(31-69(10)56(77)80-57(6,7)8)38-16-18-39(19-17-38)49-36(4)62-33-82-49)73-32-46(66-68-73)78-26-12-11-23-70-24-14-25-71(35(3)29-70)55-61-22-20-42(64-55)51-65-54(81-67-51)58(9)21-13-15-45-47(58)41(28-59)50(60)83-45/h16-20,22,32-35,40,43-44,48H,11-15,21,23-27,29-31,60H2,1-10H3,(H,63,75)/t35-,40+,43-,44-,48-,58-/m0/s1. The first-order valence-electron chi connectivity index (χ1n) is 28.4. The molecule has 1 aliphatic carbocycles. The van der Waals surface area contributed by atoms with E-state index in [-0.39, 0.29) is 37.4 Å². The van der Waals surface area contributed by atoms with Gasteiger partial charge in [0.1, 0.15) is 40.6 Å². The highest BCUT2D eigenvalue weighted by Crippen LogP contribution is 2.48. The van der Waals surface area contributed by atoms with Crippen molar-refractivity contribution in [2.45, 2.75) is 149 Å². The van der Waals surface area contributed by atoms with Crippen LogP contribution in [0.4, 0.5) is 15.7 Å². The minimum absolute atomic E-state index is 0.0129. The SMILES string of the molecule is CC(=O)O[C@@H]1C[C@@H](C(=O)N[C@@H](CN(C)C(=O)OC(C)(C)C)c2ccc(-c3scnc3C)cc2)N(C(=O)[C@H](C(C)C)n2cc(OCCCCN3CCCN(c4nccc(-c5noc([C@@]6(C)CCCc7sc(N)c(C#N)c76)n5)n4)[C@@H](C)C3)nn2)C1. The van der Waals surface area contributed by atoms with Crippen LogP contribution in [0.5, 0.6) is 5.88 Å². The number of anilines is 2. The van der Waals surface area contributed by atoms with Crippen LogP contribution in [0.3, 0.4) is 0 Å². The summed E-state index contributed by atoms with van der Waals surface area (Å²) in [6.07, 6.45) is 7.16. The maximum Gasteiger partial charge on any atom is 0.410 e. The molecule has 442 valence electrons. The average Bonchev–Trinajstić information content (AvgIpc) is 2.57. The van der Waals surface area contributed by atoms with Crippen molar-refractivity contribution in [3.8, 4) is 33.9 Å². The van der Waals surface area contributed by atoms with Gasteiger partial charge in [-0.3, -0.25) is 14.4 Å². The predicted octanol–water partition coefficient (Wildman–Crippen LogP) is 7.92. The molecule has 3 aliphatic rings. The Morgan fingerprint density at radius 3 is 2.55 bits per heavy atom. The Bertz CT molecular complexity index is 3310. The number of thiazole rings is 1. The molecule has 83 heavy (non-hydrogen) atoms. The Hall–Kier alpha value is -7.56. The number of nitriles is 1. The smallest absolute Gasteiger partial charge is 0.410 e. The van der Waals surface area contributed by atoms with E-state index in [1.54, 1.807) is 51.8 Å². The van der Waals surface area contributed by atoms with Crippen LogP contribution in [0.1, 0.15) is 139 Å². The van der Waals surface area contributed by atoms with Gasteiger partial charge < -0.3 is 49.4 Å². The number of likely N-dealkylation sites (N-methyl/N-ethyl adjacent to an activating group) is 1. The number of thiophene rings is 1. The average molecular weight is 1170 g/mol. The number of esters is 1. The van der Waals surface area contributed by atoms with Gasteiger partial charge in [-0.25, -0.2) is 24.4 Å². The largest absolute Gasteiger partial charge is 0.475 e. The Balaban J connectivity index is 0.799. The van der Waals surface area contributed by atoms with Crippen molar-refractivity contribution in [2.75, 3.05) is 63.6 Å². The molecule has 6 atom stereocenters. The number of rotatable bonds is 19. The lowest BCUT2D eigenvalue weighted by Gasteiger charge is -2.32. The third-order valence-electron chi connectivity index (χ3n) is 15.5. The van der Waals surface area contributed by atoms with Gasteiger partial charge in [0.25, 0.3) is 5.88 Å². The zero-order valence-corrected chi connectivity index (χ0v) is 50.6. The molecule has 23 nitrogen and oxygen atoms in total. The highest BCUT2D eigenvalue weighted by atomic mass is 32.1. The fourth-order valence-corrected chi connectivity index (χ4v) is 13.4. The maximum atomic E-state index is 14.8. The Kier molecular flexibility index (Phi) is 18.5. The summed E-state index contributed by atoms with van der Waals surface area (Å²) in [5, 5.41) is 26.6. The van der Waals surface area contributed by atoms with Crippen LogP contribution in [0.25, 0.3) is 22.0 Å². The fraction of sp³-hybridized carbons (Fsp3) is 0.552. The van der Waals surface area contributed by atoms with Crippen LogP contribution >= 0.6 is 22.7 Å². The number of nitrogens with two attached hydrogens (primary N) is 1. The number of fused-ring (bicyclic) bond motifs is 1. The second-order valence-corrected chi connectivity index (χ2v) is 25.4. The number of aryl methyl sites for hydroxylation is 2. The van der Waals surface area contributed by atoms with Gasteiger partial charge in [0.15, 0.2) is 0 Å². The second kappa shape index (κ2) is 25.5. The van der Waals surface area contributed by atoms with Crippen molar-refractivity contribution in [1.29, 1.82) is 5.26 Å². The molecule has 6 aromatic rings. The highest BCUT2D eigenvalue weighted by molar-refractivity contribution is 7.16. The summed E-state index contributed by atoms with van der Waals surface area (Å²) in [5.41, 5.74) is 11.2. The van der Waals surface area contributed by atoms with E-state index in [4.69, 9.17) is 34.4 Å². The molecule has 25 heteroatoms. The van der Waals surface area contributed by atoms with Gasteiger partial charge in [-0.15, -0.1) is 22.7 Å². The molecule has 3 N–H and O–H groups in total. The molecule has 0 spiro atoms. The van der Waals surface area contributed by atoms with Crippen LogP contribution in [0, 0.1) is 24.2 Å². The normalized spacial score (nSPS) is 20.0. The van der Waals surface area contributed by atoms with E-state index in [1.165, 1.54) is 44.1 Å². The van der Waals surface area contributed by atoms with Crippen molar-refractivity contribution in [2.24, 2.45) is 5.92 Å². The van der Waals surface area contributed by atoms with E-state index < -0.39 is 59.1 Å².